The van der Waals surface area contributed by atoms with E-state index in [-0.39, 0.29) is 6.61 Å². The molecule has 1 aromatic heterocycles. The van der Waals surface area contributed by atoms with Crippen LogP contribution < -0.4 is 5.32 Å². The van der Waals surface area contributed by atoms with E-state index in [4.69, 9.17) is 9.47 Å². The van der Waals surface area contributed by atoms with Gasteiger partial charge < -0.3 is 14.8 Å². The number of unbranched alkanes of at least 4 members (excludes halogenated alkanes) is 1. The van der Waals surface area contributed by atoms with E-state index in [9.17, 15) is 9.59 Å². The van der Waals surface area contributed by atoms with Crippen molar-refractivity contribution >= 4 is 12.1 Å². The lowest BCUT2D eigenvalue weighted by Gasteiger charge is -2.31. The summed E-state index contributed by atoms with van der Waals surface area (Å²) in [6.45, 7) is 9.40. The number of amides is 1. The number of carbonyl (C=O) groups excluding carboxylic acids is 2. The second-order valence-corrected chi connectivity index (χ2v) is 7.27. The van der Waals surface area contributed by atoms with Crippen LogP contribution in [0.3, 0.4) is 0 Å². The van der Waals surface area contributed by atoms with Crippen LogP contribution in [0.1, 0.15) is 64.2 Å². The van der Waals surface area contributed by atoms with E-state index in [1.165, 1.54) is 10.9 Å². The quantitative estimate of drug-likeness (QED) is 0.772. The molecule has 136 valence electrons. The van der Waals surface area contributed by atoms with E-state index in [0.717, 1.165) is 12.8 Å². The minimum absolute atomic E-state index is 0.0694. The van der Waals surface area contributed by atoms with Crippen molar-refractivity contribution in [3.05, 3.63) is 18.0 Å². The lowest BCUT2D eigenvalue weighted by Crippen LogP contribution is -2.51. The van der Waals surface area contributed by atoms with Gasteiger partial charge in [0.1, 0.15) is 12.2 Å². The van der Waals surface area contributed by atoms with Gasteiger partial charge in [0.05, 0.1) is 17.3 Å². The van der Waals surface area contributed by atoms with Crippen LogP contribution in [0.25, 0.3) is 0 Å². The first kappa shape index (κ1) is 20.0. The third-order valence-corrected chi connectivity index (χ3v) is 3.35. The SMILES string of the molecule is CCCC[C@](C)(COC(=O)c1cnn(C)c1)NC(=O)OC(C)(C)C. The second-order valence-electron chi connectivity index (χ2n) is 7.27. The van der Waals surface area contributed by atoms with Crippen LogP contribution >= 0.6 is 0 Å². The number of hydrogen-bond acceptors (Lipinski definition) is 5. The summed E-state index contributed by atoms with van der Waals surface area (Å²) in [5.41, 5.74) is -0.883. The fourth-order valence-electron chi connectivity index (χ4n) is 2.12. The Kier molecular flexibility index (Phi) is 6.81. The Morgan fingerprint density at radius 2 is 1.96 bits per heavy atom. The zero-order chi connectivity index (χ0) is 18.4. The Hall–Kier alpha value is -2.05. The molecule has 0 aliphatic carbocycles. The van der Waals surface area contributed by atoms with Crippen LogP contribution in [0.5, 0.6) is 0 Å². The molecule has 0 saturated carbocycles. The summed E-state index contributed by atoms with van der Waals surface area (Å²) in [7, 11) is 1.73. The molecule has 0 unspecified atom stereocenters. The lowest BCUT2D eigenvalue weighted by atomic mass is 9.96. The maximum atomic E-state index is 12.1. The molecule has 0 saturated heterocycles. The van der Waals surface area contributed by atoms with Crippen LogP contribution in [0.4, 0.5) is 4.79 Å². The maximum Gasteiger partial charge on any atom is 0.408 e. The summed E-state index contributed by atoms with van der Waals surface area (Å²) in [5.74, 6) is -0.461. The topological polar surface area (TPSA) is 82.5 Å². The highest BCUT2D eigenvalue weighted by atomic mass is 16.6. The molecule has 0 aliphatic heterocycles. The molecule has 0 aliphatic rings. The van der Waals surface area contributed by atoms with Gasteiger partial charge in [0, 0.05) is 13.2 Å². The minimum Gasteiger partial charge on any atom is -0.460 e. The summed E-state index contributed by atoms with van der Waals surface area (Å²) in [6, 6.07) is 0. The van der Waals surface area contributed by atoms with Gasteiger partial charge in [-0.2, -0.15) is 5.10 Å². The highest BCUT2D eigenvalue weighted by Gasteiger charge is 2.30. The first-order chi connectivity index (χ1) is 11.0. The molecule has 0 spiro atoms. The summed E-state index contributed by atoms with van der Waals surface area (Å²) < 4.78 is 12.2. The van der Waals surface area contributed by atoms with Crippen molar-refractivity contribution < 1.29 is 19.1 Å². The monoisotopic (exact) mass is 339 g/mol. The lowest BCUT2D eigenvalue weighted by molar-refractivity contribution is 0.0247. The van der Waals surface area contributed by atoms with Gasteiger partial charge in [-0.25, -0.2) is 9.59 Å². The molecular formula is C17H29N3O4. The molecule has 0 radical (unpaired) electrons. The van der Waals surface area contributed by atoms with E-state index >= 15 is 0 Å². The van der Waals surface area contributed by atoms with E-state index in [1.54, 1.807) is 34.0 Å². The third-order valence-electron chi connectivity index (χ3n) is 3.35. The van der Waals surface area contributed by atoms with E-state index in [2.05, 4.69) is 17.3 Å². The van der Waals surface area contributed by atoms with E-state index < -0.39 is 23.2 Å². The van der Waals surface area contributed by atoms with Crippen molar-refractivity contribution in [3.8, 4) is 0 Å². The maximum absolute atomic E-state index is 12.1. The summed E-state index contributed by atoms with van der Waals surface area (Å²) in [6.07, 6.45) is 5.08. The third kappa shape index (κ3) is 7.02. The minimum atomic E-state index is -0.684. The van der Waals surface area contributed by atoms with Crippen molar-refractivity contribution in [2.45, 2.75) is 65.0 Å². The Labute approximate surface area is 143 Å². The number of aromatic nitrogens is 2. The van der Waals surface area contributed by atoms with E-state index in [0.29, 0.717) is 12.0 Å². The molecule has 1 amide bonds. The van der Waals surface area contributed by atoms with Crippen LogP contribution in [0.2, 0.25) is 0 Å². The zero-order valence-corrected chi connectivity index (χ0v) is 15.5. The molecule has 0 aromatic carbocycles. The van der Waals surface area contributed by atoms with Gasteiger partial charge >= 0.3 is 12.1 Å². The number of nitrogens with zero attached hydrogens (tertiary/aromatic N) is 2. The fraction of sp³-hybridized carbons (Fsp3) is 0.706. The summed E-state index contributed by atoms with van der Waals surface area (Å²) in [4.78, 5) is 24.1. The molecular weight excluding hydrogens is 310 g/mol. The normalized spacial score (nSPS) is 13.9. The number of rotatable bonds is 7. The Morgan fingerprint density at radius 1 is 1.29 bits per heavy atom. The van der Waals surface area contributed by atoms with Gasteiger partial charge in [-0.1, -0.05) is 19.8 Å². The predicted molar refractivity (Wildman–Crippen MR) is 90.8 cm³/mol. The van der Waals surface area contributed by atoms with Gasteiger partial charge in [-0.15, -0.1) is 0 Å². The molecule has 7 heteroatoms. The standard InChI is InChI=1S/C17H29N3O4/c1-7-8-9-17(5,19-15(22)24-16(2,3)4)12-23-14(21)13-10-18-20(6)11-13/h10-11H,7-9,12H2,1-6H3,(H,19,22)/t17-/m1/s1. The van der Waals surface area contributed by atoms with Gasteiger partial charge in [0.2, 0.25) is 0 Å². The first-order valence-corrected chi connectivity index (χ1v) is 8.21. The van der Waals surface area contributed by atoms with Crippen molar-refractivity contribution in [1.82, 2.24) is 15.1 Å². The number of esters is 1. The highest BCUT2D eigenvalue weighted by Crippen LogP contribution is 2.17. The van der Waals surface area contributed by atoms with Gasteiger partial charge in [-0.3, -0.25) is 4.68 Å². The Balaban J connectivity index is 2.68. The van der Waals surface area contributed by atoms with Crippen molar-refractivity contribution in [2.24, 2.45) is 7.05 Å². The molecule has 24 heavy (non-hydrogen) atoms. The van der Waals surface area contributed by atoms with Gasteiger partial charge in [-0.05, 0) is 34.1 Å². The number of nitrogens with one attached hydrogen (secondary N) is 1. The van der Waals surface area contributed by atoms with Crippen LogP contribution in [0, 0.1) is 0 Å². The number of carbonyl (C=O) groups is 2. The highest BCUT2D eigenvalue weighted by molar-refractivity contribution is 5.88. The van der Waals surface area contributed by atoms with E-state index in [1.807, 2.05) is 6.92 Å². The molecule has 1 N–H and O–H groups in total. The summed E-state index contributed by atoms with van der Waals surface area (Å²) in [5, 5.41) is 6.78. The van der Waals surface area contributed by atoms with Crippen LogP contribution in [-0.4, -0.2) is 39.6 Å². The van der Waals surface area contributed by atoms with Gasteiger partial charge in [0.15, 0.2) is 0 Å². The molecule has 0 fully saturated rings. The van der Waals surface area contributed by atoms with Crippen LogP contribution in [0.15, 0.2) is 12.4 Å². The average molecular weight is 339 g/mol. The number of alkyl carbamates (subject to hydrolysis) is 1. The largest absolute Gasteiger partial charge is 0.460 e. The smallest absolute Gasteiger partial charge is 0.408 e. The number of ether oxygens (including phenoxy) is 2. The average Bonchev–Trinajstić information content (AvgIpc) is 2.87. The van der Waals surface area contributed by atoms with Crippen molar-refractivity contribution in [1.29, 1.82) is 0 Å². The molecule has 1 heterocycles. The molecule has 1 atom stereocenters. The molecule has 1 aromatic rings. The second kappa shape index (κ2) is 8.17. The summed E-state index contributed by atoms with van der Waals surface area (Å²) >= 11 is 0. The van der Waals surface area contributed by atoms with Gasteiger partial charge in [0.25, 0.3) is 0 Å². The Bertz CT molecular complexity index is 562. The molecule has 0 bridgehead atoms. The van der Waals surface area contributed by atoms with Crippen molar-refractivity contribution in [3.63, 3.8) is 0 Å². The zero-order valence-electron chi connectivity index (χ0n) is 15.5. The number of aryl methyl sites for hydroxylation is 1. The molecule has 7 nitrogen and oxygen atoms in total. The molecule has 1 rings (SSSR count). The van der Waals surface area contributed by atoms with Crippen molar-refractivity contribution in [2.75, 3.05) is 6.61 Å². The first-order valence-electron chi connectivity index (χ1n) is 8.21. The fourth-order valence-corrected chi connectivity index (χ4v) is 2.12. The Morgan fingerprint density at radius 3 is 2.46 bits per heavy atom. The predicted octanol–water partition coefficient (Wildman–Crippen LogP) is 3.05. The van der Waals surface area contributed by atoms with Crippen LogP contribution in [-0.2, 0) is 16.5 Å². The number of hydrogen-bond donors (Lipinski definition) is 1.